The summed E-state index contributed by atoms with van der Waals surface area (Å²) in [6, 6.07) is 18.6. The molecule has 5 N–H and O–H groups in total. The lowest BCUT2D eigenvalue weighted by Crippen LogP contribution is -2.45. The van der Waals surface area contributed by atoms with Crippen LogP contribution in [0.25, 0.3) is 10.9 Å². The summed E-state index contributed by atoms with van der Waals surface area (Å²) in [5.74, 6) is -1.25. The maximum absolute atomic E-state index is 13.2. The van der Waals surface area contributed by atoms with E-state index < -0.39 is 27.9 Å². The van der Waals surface area contributed by atoms with Crippen molar-refractivity contribution < 1.29 is 23.2 Å². The van der Waals surface area contributed by atoms with Crippen LogP contribution in [0.1, 0.15) is 21.5 Å². The van der Waals surface area contributed by atoms with Crippen molar-refractivity contribution in [3.05, 3.63) is 95.7 Å². The van der Waals surface area contributed by atoms with Crippen LogP contribution in [0, 0.1) is 6.92 Å². The molecule has 0 radical (unpaired) electrons. The first-order valence-corrected chi connectivity index (χ1v) is 12.2. The molecule has 9 nitrogen and oxygen atoms in total. The predicted octanol–water partition coefficient (Wildman–Crippen LogP) is 3.12. The van der Waals surface area contributed by atoms with E-state index in [1.807, 2.05) is 31.2 Å². The van der Waals surface area contributed by atoms with Gasteiger partial charge in [0.2, 0.25) is 15.9 Å². The number of carbonyl (C=O) groups is 2. The number of fused-ring (bicyclic) bond motifs is 1. The fourth-order valence-electron chi connectivity index (χ4n) is 3.68. The zero-order valence-corrected chi connectivity index (χ0v) is 19.6. The average Bonchev–Trinajstić information content (AvgIpc) is 3.26. The average molecular weight is 493 g/mol. The van der Waals surface area contributed by atoms with Crippen molar-refractivity contribution in [2.45, 2.75) is 24.3 Å². The maximum Gasteiger partial charge on any atom is 0.274 e. The Kier molecular flexibility index (Phi) is 6.97. The Morgan fingerprint density at radius 3 is 2.34 bits per heavy atom. The molecule has 180 valence electrons. The van der Waals surface area contributed by atoms with Gasteiger partial charge in [0.25, 0.3) is 5.91 Å². The fourth-order valence-corrected chi connectivity index (χ4v) is 4.88. The lowest BCUT2D eigenvalue weighted by Gasteiger charge is -2.19. The minimum atomic E-state index is -3.99. The minimum absolute atomic E-state index is 0.0548. The highest BCUT2D eigenvalue weighted by Gasteiger charge is 2.27. The normalized spacial score (nSPS) is 12.3. The number of aryl methyl sites for hydroxylation is 1. The van der Waals surface area contributed by atoms with Crippen LogP contribution in [0.3, 0.4) is 0 Å². The first kappa shape index (κ1) is 24.1. The standard InChI is InChI=1S/C25H24N4O5S/c1-16-6-12-20(13-7-16)35(33,34)29-23(14-18-15-26-22-5-3-2-4-21(18)22)25(31)27-19-10-8-17(9-11-19)24(30)28-32/h2-13,15,23,26,29,32H,14H2,1H3,(H,27,31)(H,28,30)/t23-/m0/s1. The molecule has 0 aliphatic carbocycles. The number of hydrogen-bond acceptors (Lipinski definition) is 5. The van der Waals surface area contributed by atoms with Crippen molar-refractivity contribution in [1.82, 2.24) is 15.2 Å². The number of anilines is 1. The van der Waals surface area contributed by atoms with Crippen LogP contribution in [0.5, 0.6) is 0 Å². The number of aromatic nitrogens is 1. The van der Waals surface area contributed by atoms with Gasteiger partial charge in [-0.05, 0) is 61.4 Å². The van der Waals surface area contributed by atoms with Gasteiger partial charge in [-0.3, -0.25) is 14.8 Å². The van der Waals surface area contributed by atoms with E-state index in [4.69, 9.17) is 5.21 Å². The Bertz CT molecular complexity index is 1460. The first-order valence-electron chi connectivity index (χ1n) is 10.8. The number of rotatable bonds is 8. The van der Waals surface area contributed by atoms with Gasteiger partial charge in [0.15, 0.2) is 0 Å². The second-order valence-electron chi connectivity index (χ2n) is 8.06. The number of hydroxylamine groups is 1. The van der Waals surface area contributed by atoms with Gasteiger partial charge in [-0.15, -0.1) is 0 Å². The second-order valence-corrected chi connectivity index (χ2v) is 9.77. The van der Waals surface area contributed by atoms with Crippen LogP contribution < -0.4 is 15.5 Å². The van der Waals surface area contributed by atoms with Crippen molar-refractivity contribution in [3.8, 4) is 0 Å². The zero-order chi connectivity index (χ0) is 25.0. The molecular weight excluding hydrogens is 468 g/mol. The van der Waals surface area contributed by atoms with Crippen molar-refractivity contribution in [2.75, 3.05) is 5.32 Å². The van der Waals surface area contributed by atoms with Gasteiger partial charge in [0.1, 0.15) is 6.04 Å². The number of sulfonamides is 1. The molecule has 1 aromatic heterocycles. The van der Waals surface area contributed by atoms with Gasteiger partial charge in [0.05, 0.1) is 4.90 Å². The Morgan fingerprint density at radius 1 is 0.971 bits per heavy atom. The Hall–Kier alpha value is -3.99. The molecule has 10 heteroatoms. The van der Waals surface area contributed by atoms with Crippen LogP contribution in [0.2, 0.25) is 0 Å². The van der Waals surface area contributed by atoms with Crippen LogP contribution in [-0.2, 0) is 21.2 Å². The van der Waals surface area contributed by atoms with E-state index >= 15 is 0 Å². The molecule has 0 bridgehead atoms. The third-order valence-electron chi connectivity index (χ3n) is 5.56. The lowest BCUT2D eigenvalue weighted by atomic mass is 10.0. The number of carbonyl (C=O) groups excluding carboxylic acids is 2. The summed E-state index contributed by atoms with van der Waals surface area (Å²) in [6.07, 6.45) is 1.86. The quantitative estimate of drug-likeness (QED) is 0.190. The third kappa shape index (κ3) is 5.57. The van der Waals surface area contributed by atoms with Crippen molar-refractivity contribution >= 4 is 38.4 Å². The number of para-hydroxylation sites is 1. The highest BCUT2D eigenvalue weighted by atomic mass is 32.2. The molecule has 3 aromatic carbocycles. The lowest BCUT2D eigenvalue weighted by molar-refractivity contribution is -0.117. The van der Waals surface area contributed by atoms with Crippen LogP contribution in [0.4, 0.5) is 5.69 Å². The summed E-state index contributed by atoms with van der Waals surface area (Å²) in [7, 11) is -3.99. The van der Waals surface area contributed by atoms with Crippen molar-refractivity contribution in [1.29, 1.82) is 0 Å². The second kappa shape index (κ2) is 10.1. The molecule has 0 aliphatic rings. The Morgan fingerprint density at radius 2 is 1.66 bits per heavy atom. The molecule has 2 amide bonds. The monoisotopic (exact) mass is 492 g/mol. The summed E-state index contributed by atoms with van der Waals surface area (Å²) >= 11 is 0. The van der Waals surface area contributed by atoms with Crippen LogP contribution in [-0.4, -0.2) is 36.5 Å². The highest BCUT2D eigenvalue weighted by Crippen LogP contribution is 2.21. The van der Waals surface area contributed by atoms with E-state index in [9.17, 15) is 18.0 Å². The van der Waals surface area contributed by atoms with E-state index in [0.29, 0.717) is 5.69 Å². The largest absolute Gasteiger partial charge is 0.361 e. The molecule has 1 atom stereocenters. The molecule has 0 saturated heterocycles. The minimum Gasteiger partial charge on any atom is -0.361 e. The van der Waals surface area contributed by atoms with Crippen LogP contribution >= 0.6 is 0 Å². The van der Waals surface area contributed by atoms with Gasteiger partial charge in [-0.1, -0.05) is 35.9 Å². The van der Waals surface area contributed by atoms with E-state index in [-0.39, 0.29) is 16.9 Å². The predicted molar refractivity (Wildman–Crippen MR) is 132 cm³/mol. The number of benzene rings is 3. The number of H-pyrrole nitrogens is 1. The highest BCUT2D eigenvalue weighted by molar-refractivity contribution is 7.89. The van der Waals surface area contributed by atoms with Crippen LogP contribution in [0.15, 0.2) is 83.9 Å². The van der Waals surface area contributed by atoms with E-state index in [1.165, 1.54) is 41.9 Å². The van der Waals surface area contributed by atoms with Gasteiger partial charge in [0, 0.05) is 28.4 Å². The number of hydrogen-bond donors (Lipinski definition) is 5. The van der Waals surface area contributed by atoms with E-state index in [0.717, 1.165) is 22.0 Å². The third-order valence-corrected chi connectivity index (χ3v) is 7.05. The topological polar surface area (TPSA) is 140 Å². The SMILES string of the molecule is Cc1ccc(S(=O)(=O)N[C@@H](Cc2c[nH]c3ccccc23)C(=O)Nc2ccc(C(=O)NO)cc2)cc1. The van der Waals surface area contributed by atoms with E-state index in [1.54, 1.807) is 18.3 Å². The molecule has 0 saturated carbocycles. The molecule has 1 heterocycles. The zero-order valence-electron chi connectivity index (χ0n) is 18.8. The number of nitrogens with one attached hydrogen (secondary N) is 4. The van der Waals surface area contributed by atoms with Crippen molar-refractivity contribution in [2.24, 2.45) is 0 Å². The Labute approximate surface area is 202 Å². The van der Waals surface area contributed by atoms with Crippen molar-refractivity contribution in [3.63, 3.8) is 0 Å². The molecular formula is C25H24N4O5S. The molecule has 4 rings (SSSR count). The first-order chi connectivity index (χ1) is 16.8. The smallest absolute Gasteiger partial charge is 0.274 e. The molecule has 0 spiro atoms. The summed E-state index contributed by atoms with van der Waals surface area (Å²) in [5, 5.41) is 12.3. The van der Waals surface area contributed by atoms with Gasteiger partial charge in [-0.25, -0.2) is 13.9 Å². The summed E-state index contributed by atoms with van der Waals surface area (Å²) < 4.78 is 28.7. The number of amides is 2. The van der Waals surface area contributed by atoms with Gasteiger partial charge in [-0.2, -0.15) is 4.72 Å². The number of aromatic amines is 1. The fraction of sp³-hybridized carbons (Fsp3) is 0.120. The summed E-state index contributed by atoms with van der Waals surface area (Å²) in [6.45, 7) is 1.85. The summed E-state index contributed by atoms with van der Waals surface area (Å²) in [5.41, 5.74) is 4.67. The maximum atomic E-state index is 13.2. The van der Waals surface area contributed by atoms with Gasteiger partial charge >= 0.3 is 0 Å². The molecule has 35 heavy (non-hydrogen) atoms. The molecule has 0 fully saturated rings. The molecule has 4 aromatic rings. The van der Waals surface area contributed by atoms with Gasteiger partial charge < -0.3 is 10.3 Å². The molecule has 0 unspecified atom stereocenters. The van der Waals surface area contributed by atoms with E-state index in [2.05, 4.69) is 15.0 Å². The Balaban J connectivity index is 1.61. The summed E-state index contributed by atoms with van der Waals surface area (Å²) in [4.78, 5) is 28.0. The molecule has 0 aliphatic heterocycles.